The average molecular weight is 407 g/mol. The van der Waals surface area contributed by atoms with Gasteiger partial charge in [-0.2, -0.15) is 0 Å². The van der Waals surface area contributed by atoms with E-state index in [2.05, 4.69) is 0 Å². The van der Waals surface area contributed by atoms with Crippen LogP contribution in [0.1, 0.15) is 11.9 Å². The first-order valence-corrected chi connectivity index (χ1v) is 10.1. The van der Waals surface area contributed by atoms with Crippen LogP contribution in [-0.2, 0) is 14.2 Å². The van der Waals surface area contributed by atoms with Gasteiger partial charge in [-0.15, -0.1) is 0 Å². The number of benzene rings is 2. The van der Waals surface area contributed by atoms with E-state index in [0.717, 1.165) is 10.0 Å². The molecule has 6 atom stereocenters. The predicted octanol–water partition coefficient (Wildman–Crippen LogP) is 0.577. The van der Waals surface area contributed by atoms with E-state index in [-0.39, 0.29) is 21.1 Å². The van der Waals surface area contributed by atoms with Crippen molar-refractivity contribution in [1.82, 2.24) is 0 Å². The molecule has 0 amide bonds. The minimum atomic E-state index is -0.996. The van der Waals surface area contributed by atoms with Crippen LogP contribution in [0, 0.1) is 0 Å². The Morgan fingerprint density at radius 3 is 2.24 bits per heavy atom. The van der Waals surface area contributed by atoms with E-state index in [9.17, 15) is 10.2 Å². The van der Waals surface area contributed by atoms with Gasteiger partial charge < -0.3 is 0 Å². The van der Waals surface area contributed by atoms with E-state index in [0.29, 0.717) is 6.61 Å². The Morgan fingerprint density at radius 2 is 1.52 bits per heavy atom. The zero-order valence-corrected chi connectivity index (χ0v) is 15.2. The van der Waals surface area contributed by atoms with Crippen LogP contribution in [0.5, 0.6) is 0 Å². The van der Waals surface area contributed by atoms with E-state index in [1.807, 2.05) is 60.7 Å². The third-order valence-corrected chi connectivity index (χ3v) is 6.85. The number of aliphatic hydroxyl groups is 2. The topological polar surface area (TPSA) is 68.2 Å². The molecule has 0 spiro atoms. The average Bonchev–Trinajstić information content (AvgIpc) is 2.67. The van der Waals surface area contributed by atoms with Crippen LogP contribution in [-0.4, -0.2) is 61.2 Å². The fourth-order valence-electron chi connectivity index (χ4n) is 3.09. The van der Waals surface area contributed by atoms with E-state index in [1.165, 1.54) is 0 Å². The van der Waals surface area contributed by atoms with Crippen LogP contribution in [0.3, 0.4) is 0 Å². The summed E-state index contributed by atoms with van der Waals surface area (Å²) < 4.78 is 18.8. The molecular weight excluding hydrogens is 387 g/mol. The van der Waals surface area contributed by atoms with E-state index in [1.54, 1.807) is 0 Å². The van der Waals surface area contributed by atoms with Crippen molar-refractivity contribution in [2.24, 2.45) is 0 Å². The zero-order valence-electron chi connectivity index (χ0n) is 13.5. The van der Waals surface area contributed by atoms with E-state index in [4.69, 9.17) is 14.2 Å². The van der Waals surface area contributed by atoms with Crippen molar-refractivity contribution in [1.29, 1.82) is 0 Å². The molecule has 0 unspecified atom stereocenters. The molecule has 6 heteroatoms. The number of hydrogen-bond donors (Lipinski definition) is 2. The quantitative estimate of drug-likeness (QED) is 0.729. The van der Waals surface area contributed by atoms with Crippen LogP contribution in [0.25, 0.3) is 0 Å². The van der Waals surface area contributed by atoms with Gasteiger partial charge in [-0.25, -0.2) is 0 Å². The number of hydrogen-bond acceptors (Lipinski definition) is 5. The molecule has 2 heterocycles. The molecule has 0 bridgehead atoms. The molecule has 0 aliphatic carbocycles. The first-order chi connectivity index (χ1) is 12.2. The van der Waals surface area contributed by atoms with E-state index < -0.39 is 29.6 Å². The number of ether oxygens (including phenoxy) is 3. The Balaban J connectivity index is 1.46. The maximum atomic E-state index is 10.6. The monoisotopic (exact) mass is 408 g/mol. The van der Waals surface area contributed by atoms with Crippen LogP contribution in [0.4, 0.5) is 0 Å². The second kappa shape index (κ2) is 7.56. The van der Waals surface area contributed by atoms with Crippen LogP contribution in [0.15, 0.2) is 60.7 Å². The molecule has 25 heavy (non-hydrogen) atoms. The molecule has 2 aliphatic rings. The fourth-order valence-corrected chi connectivity index (χ4v) is 5.36. The van der Waals surface area contributed by atoms with Gasteiger partial charge in [-0.05, 0) is 0 Å². The summed E-state index contributed by atoms with van der Waals surface area (Å²) in [5.41, 5.74) is 0.887. The summed E-state index contributed by atoms with van der Waals surface area (Å²) in [6.07, 6.45) is -3.50. The molecule has 2 N–H and O–H groups in total. The second-order valence-electron chi connectivity index (χ2n) is 6.13. The van der Waals surface area contributed by atoms with Gasteiger partial charge in [0.25, 0.3) is 0 Å². The number of rotatable bonds is 3. The molecule has 2 aromatic rings. The molecule has 0 radical (unpaired) electrons. The predicted molar refractivity (Wildman–Crippen MR) is 92.5 cm³/mol. The third kappa shape index (κ3) is 3.66. The van der Waals surface area contributed by atoms with Gasteiger partial charge in [-0.1, -0.05) is 0 Å². The third-order valence-electron chi connectivity index (χ3n) is 4.40. The van der Waals surface area contributed by atoms with Gasteiger partial charge in [0.1, 0.15) is 0 Å². The Morgan fingerprint density at radius 1 is 0.840 bits per heavy atom. The molecule has 2 aliphatic heterocycles. The van der Waals surface area contributed by atoms with Gasteiger partial charge in [0.05, 0.1) is 0 Å². The molecule has 5 nitrogen and oxygen atoms in total. The first kappa shape index (κ1) is 17.2. The van der Waals surface area contributed by atoms with Crippen molar-refractivity contribution in [3.05, 3.63) is 66.2 Å². The molecule has 0 saturated carbocycles. The Labute approximate surface area is 152 Å². The molecule has 132 valence electrons. The first-order valence-electron chi connectivity index (χ1n) is 8.28. The summed E-state index contributed by atoms with van der Waals surface area (Å²) in [7, 11) is 0. The summed E-state index contributed by atoms with van der Waals surface area (Å²) in [5, 5.41) is 20.7. The zero-order chi connectivity index (χ0) is 17.2. The number of fused-ring (bicyclic) bond motifs is 1. The van der Waals surface area contributed by atoms with Gasteiger partial charge >= 0.3 is 152 Å². The van der Waals surface area contributed by atoms with Gasteiger partial charge in [0.2, 0.25) is 0 Å². The number of aliphatic hydroxyl groups excluding tert-OH is 2. The standard InChI is InChI=1S/C19H20O5Se/c20-15-16(21)19(25-13-9-5-2-6-10-13)23-14-11-22-18(24-17(14)15)12-7-3-1-4-8-12/h1-10,14-21H,11H2/t14-,15-,16-,17+,18+,19+/m1/s1. The molecule has 2 aromatic carbocycles. The van der Waals surface area contributed by atoms with Crippen molar-refractivity contribution in [2.75, 3.05) is 6.61 Å². The normalized spacial score (nSPS) is 35.1. The molecule has 2 saturated heterocycles. The molecule has 2 fully saturated rings. The van der Waals surface area contributed by atoms with Crippen molar-refractivity contribution in [3.63, 3.8) is 0 Å². The molecular formula is C19H20O5Se. The van der Waals surface area contributed by atoms with Crippen LogP contribution < -0.4 is 4.46 Å². The second-order valence-corrected chi connectivity index (χ2v) is 8.59. The van der Waals surface area contributed by atoms with Crippen molar-refractivity contribution < 1.29 is 24.4 Å². The van der Waals surface area contributed by atoms with Crippen molar-refractivity contribution >= 4 is 19.4 Å². The van der Waals surface area contributed by atoms with Gasteiger partial charge in [0, 0.05) is 0 Å². The Kier molecular flexibility index (Phi) is 5.20. The summed E-state index contributed by atoms with van der Waals surface area (Å²) >= 11 is -0.108. The summed E-state index contributed by atoms with van der Waals surface area (Å²) in [4.78, 5) is 0. The minimum absolute atomic E-state index is 0.108. The van der Waals surface area contributed by atoms with Crippen molar-refractivity contribution in [3.8, 4) is 0 Å². The maximum absolute atomic E-state index is 10.6. The Hall–Kier alpha value is -1.24. The van der Waals surface area contributed by atoms with Crippen LogP contribution >= 0.6 is 0 Å². The molecule has 4 rings (SSSR count). The fraction of sp³-hybridized carbons (Fsp3) is 0.368. The van der Waals surface area contributed by atoms with Gasteiger partial charge in [0.15, 0.2) is 0 Å². The summed E-state index contributed by atoms with van der Waals surface area (Å²) in [5.74, 6) is 0. The molecule has 0 aromatic heterocycles. The van der Waals surface area contributed by atoms with E-state index >= 15 is 0 Å². The summed E-state index contributed by atoms with van der Waals surface area (Å²) in [6, 6.07) is 19.5. The summed E-state index contributed by atoms with van der Waals surface area (Å²) in [6.45, 7) is 0.329. The van der Waals surface area contributed by atoms with Gasteiger partial charge in [-0.3, -0.25) is 0 Å². The van der Waals surface area contributed by atoms with Crippen molar-refractivity contribution in [2.45, 2.75) is 35.7 Å². The SMILES string of the molecule is O[C@@H]1[C@@H](O)[C@H]([Se]c2ccccc2)O[C@@H]2CO[C@H](c3ccccc3)O[C@H]12. The van der Waals surface area contributed by atoms with Crippen LogP contribution in [0.2, 0.25) is 0 Å². The Bertz CT molecular complexity index is 681.